The van der Waals surface area contributed by atoms with Crippen molar-refractivity contribution in [1.29, 1.82) is 0 Å². The van der Waals surface area contributed by atoms with Gasteiger partial charge in [0.1, 0.15) is 6.04 Å². The molecule has 16 heavy (non-hydrogen) atoms. The van der Waals surface area contributed by atoms with Crippen molar-refractivity contribution in [2.75, 3.05) is 19.7 Å². The Labute approximate surface area is 97.8 Å². The molecule has 0 aliphatic heterocycles. The number of hydrogen-bond acceptors (Lipinski definition) is 3. The molecule has 0 saturated carbocycles. The van der Waals surface area contributed by atoms with Crippen LogP contribution in [0.15, 0.2) is 25.3 Å². The van der Waals surface area contributed by atoms with Gasteiger partial charge >= 0.3 is 5.97 Å². The molecule has 0 aromatic rings. The fourth-order valence-corrected chi connectivity index (χ4v) is 1.37. The summed E-state index contributed by atoms with van der Waals surface area (Å²) in [4.78, 5) is 13.6. The first-order valence-corrected chi connectivity index (χ1v) is 5.27. The number of ether oxygens (including phenoxy) is 1. The van der Waals surface area contributed by atoms with Gasteiger partial charge in [-0.25, -0.2) is 0 Å². The molecule has 0 aliphatic rings. The van der Waals surface area contributed by atoms with E-state index in [-0.39, 0.29) is 5.97 Å². The van der Waals surface area contributed by atoms with Gasteiger partial charge in [0.15, 0.2) is 0 Å². The van der Waals surface area contributed by atoms with Crippen LogP contribution in [0.4, 0.5) is 0 Å². The summed E-state index contributed by atoms with van der Waals surface area (Å²) in [6.07, 6.45) is 9.05. The Bertz CT molecular complexity index is 268. The summed E-state index contributed by atoms with van der Waals surface area (Å²) in [7, 11) is 0. The number of nitrogens with zero attached hydrogens (tertiary/aromatic N) is 1. The van der Waals surface area contributed by atoms with Crippen molar-refractivity contribution < 1.29 is 9.53 Å². The van der Waals surface area contributed by atoms with Crippen LogP contribution in [-0.2, 0) is 9.53 Å². The maximum absolute atomic E-state index is 11.7. The molecule has 0 unspecified atom stereocenters. The molecule has 0 saturated heterocycles. The minimum absolute atomic E-state index is 0.288. The second-order valence-electron chi connectivity index (χ2n) is 3.21. The zero-order chi connectivity index (χ0) is 12.4. The van der Waals surface area contributed by atoms with Crippen LogP contribution in [-0.4, -0.2) is 36.6 Å². The lowest BCUT2D eigenvalue weighted by molar-refractivity contribution is -0.149. The highest BCUT2D eigenvalue weighted by Crippen LogP contribution is 2.07. The lowest BCUT2D eigenvalue weighted by Gasteiger charge is -2.26. The second-order valence-corrected chi connectivity index (χ2v) is 3.21. The number of rotatable bonds is 8. The van der Waals surface area contributed by atoms with Crippen LogP contribution in [0.25, 0.3) is 0 Å². The summed E-state index contributed by atoms with van der Waals surface area (Å²) >= 11 is 0. The van der Waals surface area contributed by atoms with Crippen LogP contribution in [0.2, 0.25) is 0 Å². The summed E-state index contributed by atoms with van der Waals surface area (Å²) in [6.45, 7) is 10.6. The Hall–Kier alpha value is -1.53. The van der Waals surface area contributed by atoms with E-state index in [1.54, 1.807) is 19.1 Å². The number of carbonyl (C=O) groups is 1. The monoisotopic (exact) mass is 221 g/mol. The van der Waals surface area contributed by atoms with Crippen LogP contribution in [0.1, 0.15) is 13.3 Å². The Morgan fingerprint density at radius 3 is 2.44 bits per heavy atom. The van der Waals surface area contributed by atoms with E-state index >= 15 is 0 Å². The Morgan fingerprint density at radius 1 is 1.50 bits per heavy atom. The highest BCUT2D eigenvalue weighted by molar-refractivity contribution is 5.76. The van der Waals surface area contributed by atoms with E-state index in [1.165, 1.54) is 0 Å². The Morgan fingerprint density at radius 2 is 2.06 bits per heavy atom. The topological polar surface area (TPSA) is 29.5 Å². The molecular weight excluding hydrogens is 202 g/mol. The molecule has 0 aliphatic carbocycles. The third-order valence-electron chi connectivity index (χ3n) is 2.04. The second kappa shape index (κ2) is 8.75. The van der Waals surface area contributed by atoms with Crippen molar-refractivity contribution in [3.63, 3.8) is 0 Å². The summed E-state index contributed by atoms with van der Waals surface area (Å²) in [5, 5.41) is 0. The van der Waals surface area contributed by atoms with Crippen molar-refractivity contribution in [2.24, 2.45) is 0 Å². The number of esters is 1. The minimum Gasteiger partial charge on any atom is -0.465 e. The van der Waals surface area contributed by atoms with Crippen LogP contribution in [0.3, 0.4) is 0 Å². The van der Waals surface area contributed by atoms with E-state index in [0.717, 1.165) is 0 Å². The van der Waals surface area contributed by atoms with Crippen LogP contribution < -0.4 is 0 Å². The fourth-order valence-electron chi connectivity index (χ4n) is 1.37. The van der Waals surface area contributed by atoms with Gasteiger partial charge in [0.05, 0.1) is 6.61 Å². The molecule has 0 fully saturated rings. The summed E-state index contributed by atoms with van der Waals surface area (Å²) in [5.74, 6) is 2.21. The van der Waals surface area contributed by atoms with Gasteiger partial charge in [-0.05, 0) is 6.92 Å². The van der Waals surface area contributed by atoms with Gasteiger partial charge in [-0.15, -0.1) is 25.5 Å². The zero-order valence-corrected chi connectivity index (χ0v) is 9.82. The van der Waals surface area contributed by atoms with Gasteiger partial charge in [0.2, 0.25) is 0 Å². The first-order valence-electron chi connectivity index (χ1n) is 5.27. The van der Waals surface area contributed by atoms with Gasteiger partial charge in [0.25, 0.3) is 0 Å². The maximum atomic E-state index is 11.7. The number of carbonyl (C=O) groups excluding carboxylic acids is 1. The van der Waals surface area contributed by atoms with E-state index in [4.69, 9.17) is 11.2 Å². The summed E-state index contributed by atoms with van der Waals surface area (Å²) < 4.78 is 4.99. The lowest BCUT2D eigenvalue weighted by atomic mass is 10.1. The third-order valence-corrected chi connectivity index (χ3v) is 2.04. The van der Waals surface area contributed by atoms with Gasteiger partial charge in [-0.3, -0.25) is 9.69 Å². The number of hydrogen-bond donors (Lipinski definition) is 0. The van der Waals surface area contributed by atoms with E-state index in [1.807, 2.05) is 4.90 Å². The van der Waals surface area contributed by atoms with E-state index in [2.05, 4.69) is 19.1 Å². The first kappa shape index (κ1) is 14.5. The molecule has 0 heterocycles. The van der Waals surface area contributed by atoms with Crippen molar-refractivity contribution >= 4 is 5.97 Å². The molecule has 0 spiro atoms. The first-order chi connectivity index (χ1) is 7.71. The molecule has 0 aromatic carbocycles. The highest BCUT2D eigenvalue weighted by Gasteiger charge is 2.24. The average Bonchev–Trinajstić information content (AvgIpc) is 2.26. The lowest BCUT2D eigenvalue weighted by Crippen LogP contribution is -2.42. The van der Waals surface area contributed by atoms with Crippen molar-refractivity contribution in [1.82, 2.24) is 4.90 Å². The quantitative estimate of drug-likeness (QED) is 0.354. The molecule has 3 heteroatoms. The van der Waals surface area contributed by atoms with Crippen molar-refractivity contribution in [3.05, 3.63) is 25.3 Å². The third kappa shape index (κ3) is 4.81. The molecule has 0 bridgehead atoms. The number of terminal acetylenes is 1. The molecule has 0 rings (SSSR count). The van der Waals surface area contributed by atoms with E-state index < -0.39 is 6.04 Å². The van der Waals surface area contributed by atoms with Gasteiger partial charge in [0, 0.05) is 19.5 Å². The Kier molecular flexibility index (Phi) is 7.92. The molecule has 88 valence electrons. The largest absolute Gasteiger partial charge is 0.465 e. The molecule has 0 N–H and O–H groups in total. The van der Waals surface area contributed by atoms with Gasteiger partial charge < -0.3 is 4.74 Å². The predicted molar refractivity (Wildman–Crippen MR) is 65.8 cm³/mol. The van der Waals surface area contributed by atoms with Crippen LogP contribution in [0.5, 0.6) is 0 Å². The van der Waals surface area contributed by atoms with Crippen molar-refractivity contribution in [3.8, 4) is 12.3 Å². The van der Waals surface area contributed by atoms with Crippen LogP contribution >= 0.6 is 0 Å². The normalized spacial score (nSPS) is 11.6. The van der Waals surface area contributed by atoms with Gasteiger partial charge in [-0.1, -0.05) is 12.2 Å². The minimum atomic E-state index is -0.416. The van der Waals surface area contributed by atoms with Crippen LogP contribution in [0, 0.1) is 12.3 Å². The van der Waals surface area contributed by atoms with Gasteiger partial charge in [-0.2, -0.15) is 0 Å². The molecular formula is C13H19NO2. The molecule has 0 aromatic heterocycles. The summed E-state index contributed by atoms with van der Waals surface area (Å²) in [6, 6.07) is -0.416. The molecule has 3 nitrogen and oxygen atoms in total. The molecule has 0 radical (unpaired) electrons. The average molecular weight is 221 g/mol. The fraction of sp³-hybridized carbons (Fsp3) is 0.462. The predicted octanol–water partition coefficient (Wildman–Crippen LogP) is 1.62. The standard InChI is InChI=1S/C13H19NO2/c1-5-9-12(13(15)16-8-4)14(10-6-2)11-7-3/h1,6-7,12H,2-3,8-11H2,4H3/t12-/m1/s1. The smallest absolute Gasteiger partial charge is 0.324 e. The molecule has 0 amide bonds. The van der Waals surface area contributed by atoms with Crippen molar-refractivity contribution in [2.45, 2.75) is 19.4 Å². The van der Waals surface area contributed by atoms with E-state index in [9.17, 15) is 4.79 Å². The Balaban J connectivity index is 4.67. The SMILES string of the molecule is C#CC[C@H](C(=O)OCC)N(CC=C)CC=C. The molecule has 1 atom stereocenters. The zero-order valence-electron chi connectivity index (χ0n) is 9.82. The summed E-state index contributed by atoms with van der Waals surface area (Å²) in [5.41, 5.74) is 0. The van der Waals surface area contributed by atoms with E-state index in [0.29, 0.717) is 26.1 Å². The maximum Gasteiger partial charge on any atom is 0.324 e. The highest BCUT2D eigenvalue weighted by atomic mass is 16.5.